The fourth-order valence-electron chi connectivity index (χ4n) is 2.16. The van der Waals surface area contributed by atoms with Crippen LogP contribution in [0.2, 0.25) is 5.02 Å². The van der Waals surface area contributed by atoms with E-state index >= 15 is 0 Å². The number of aromatic nitrogens is 2. The summed E-state index contributed by atoms with van der Waals surface area (Å²) in [5.41, 5.74) is 2.83. The largest absolute Gasteiger partial charge is 0.368 e. The Bertz CT molecular complexity index is 386. The van der Waals surface area contributed by atoms with Gasteiger partial charge in [-0.3, -0.25) is 5.43 Å². The molecule has 1 heterocycles. The van der Waals surface area contributed by atoms with E-state index in [1.807, 2.05) is 0 Å². The molecule has 5 nitrogen and oxygen atoms in total. The average Bonchev–Trinajstić information content (AvgIpc) is 2.30. The van der Waals surface area contributed by atoms with Gasteiger partial charge in [-0.1, -0.05) is 24.9 Å². The van der Waals surface area contributed by atoms with Gasteiger partial charge in [-0.15, -0.1) is 0 Å². The van der Waals surface area contributed by atoms with Gasteiger partial charge < -0.3 is 5.32 Å². The summed E-state index contributed by atoms with van der Waals surface area (Å²) >= 11 is 6.03. The summed E-state index contributed by atoms with van der Waals surface area (Å²) in [5, 5.41) is 3.83. The van der Waals surface area contributed by atoms with E-state index in [4.69, 9.17) is 17.4 Å². The highest BCUT2D eigenvalue weighted by atomic mass is 35.5. The molecular formula is C11H18ClN5. The number of hydrazine groups is 1. The number of rotatable bonds is 5. The van der Waals surface area contributed by atoms with Crippen LogP contribution in [0.1, 0.15) is 32.6 Å². The lowest BCUT2D eigenvalue weighted by Crippen LogP contribution is -2.36. The van der Waals surface area contributed by atoms with Crippen molar-refractivity contribution in [2.24, 2.45) is 11.3 Å². The molecule has 1 aliphatic carbocycles. The van der Waals surface area contributed by atoms with Gasteiger partial charge in [0, 0.05) is 6.54 Å². The molecule has 0 saturated heterocycles. The molecule has 94 valence electrons. The van der Waals surface area contributed by atoms with Gasteiger partial charge in [0.1, 0.15) is 5.02 Å². The summed E-state index contributed by atoms with van der Waals surface area (Å²) in [6.45, 7) is 3.14. The number of halogens is 1. The Labute approximate surface area is 106 Å². The summed E-state index contributed by atoms with van der Waals surface area (Å²) < 4.78 is 0. The van der Waals surface area contributed by atoms with Crippen molar-refractivity contribution < 1.29 is 0 Å². The lowest BCUT2D eigenvalue weighted by Gasteiger charge is -2.41. The summed E-state index contributed by atoms with van der Waals surface area (Å²) in [6.07, 6.45) is 6.61. The first-order valence-corrected chi connectivity index (χ1v) is 6.30. The predicted molar refractivity (Wildman–Crippen MR) is 69.9 cm³/mol. The zero-order valence-electron chi connectivity index (χ0n) is 9.96. The number of nitrogens with two attached hydrogens (primary N) is 1. The second-order valence-electron chi connectivity index (χ2n) is 4.60. The van der Waals surface area contributed by atoms with Crippen molar-refractivity contribution in [3.8, 4) is 0 Å². The quantitative estimate of drug-likeness (QED) is 0.556. The van der Waals surface area contributed by atoms with E-state index in [0.717, 1.165) is 6.54 Å². The van der Waals surface area contributed by atoms with E-state index in [1.54, 1.807) is 6.20 Å². The van der Waals surface area contributed by atoms with Crippen molar-refractivity contribution in [3.63, 3.8) is 0 Å². The topological polar surface area (TPSA) is 75.9 Å². The van der Waals surface area contributed by atoms with Gasteiger partial charge in [-0.05, 0) is 24.7 Å². The minimum Gasteiger partial charge on any atom is -0.368 e. The molecule has 0 atom stereocenters. The van der Waals surface area contributed by atoms with Crippen LogP contribution >= 0.6 is 11.6 Å². The fourth-order valence-corrected chi connectivity index (χ4v) is 2.32. The third-order valence-corrected chi connectivity index (χ3v) is 3.94. The second kappa shape index (κ2) is 5.06. The van der Waals surface area contributed by atoms with Crippen molar-refractivity contribution in [1.82, 2.24) is 9.97 Å². The predicted octanol–water partition coefficient (Wildman–Crippen LogP) is 2.41. The Balaban J connectivity index is 2.02. The Morgan fingerprint density at radius 1 is 1.53 bits per heavy atom. The lowest BCUT2D eigenvalue weighted by molar-refractivity contribution is 0.145. The lowest BCUT2D eigenvalue weighted by atomic mass is 9.67. The van der Waals surface area contributed by atoms with Crippen LogP contribution in [0.15, 0.2) is 6.20 Å². The van der Waals surface area contributed by atoms with E-state index in [1.165, 1.54) is 25.7 Å². The highest BCUT2D eigenvalue weighted by Gasteiger charge is 2.34. The maximum atomic E-state index is 6.03. The standard InChI is InChI=1S/C11H18ClN5/c1-2-11(4-3-5-11)7-15-9-8(12)6-14-10(16-9)17-13/h6H,2-5,7,13H2,1H3,(H2,14,15,16,17). The molecule has 1 saturated carbocycles. The van der Waals surface area contributed by atoms with Gasteiger partial charge in [-0.2, -0.15) is 4.98 Å². The molecule has 0 radical (unpaired) electrons. The van der Waals surface area contributed by atoms with Crippen LogP contribution in [0.3, 0.4) is 0 Å². The molecule has 4 N–H and O–H groups in total. The average molecular weight is 256 g/mol. The van der Waals surface area contributed by atoms with Crippen LogP contribution in [-0.2, 0) is 0 Å². The van der Waals surface area contributed by atoms with E-state index < -0.39 is 0 Å². The van der Waals surface area contributed by atoms with Gasteiger partial charge in [0.05, 0.1) is 6.20 Å². The van der Waals surface area contributed by atoms with Crippen molar-refractivity contribution in [2.45, 2.75) is 32.6 Å². The minimum atomic E-state index is 0.371. The normalized spacial score (nSPS) is 17.4. The first kappa shape index (κ1) is 12.4. The van der Waals surface area contributed by atoms with Gasteiger partial charge >= 0.3 is 0 Å². The van der Waals surface area contributed by atoms with Gasteiger partial charge in [0.25, 0.3) is 0 Å². The molecule has 0 amide bonds. The Morgan fingerprint density at radius 3 is 2.82 bits per heavy atom. The van der Waals surface area contributed by atoms with Crippen LogP contribution in [0, 0.1) is 5.41 Å². The van der Waals surface area contributed by atoms with Crippen LogP contribution in [-0.4, -0.2) is 16.5 Å². The van der Waals surface area contributed by atoms with Gasteiger partial charge in [0.2, 0.25) is 5.95 Å². The van der Waals surface area contributed by atoms with Gasteiger partial charge in [-0.25, -0.2) is 10.8 Å². The zero-order chi connectivity index (χ0) is 12.3. The number of hydrogen-bond acceptors (Lipinski definition) is 5. The zero-order valence-corrected chi connectivity index (χ0v) is 10.7. The van der Waals surface area contributed by atoms with Crippen molar-refractivity contribution in [3.05, 3.63) is 11.2 Å². The summed E-state index contributed by atoms with van der Waals surface area (Å²) in [5.74, 6) is 6.29. The Hall–Kier alpha value is -1.07. The van der Waals surface area contributed by atoms with Crippen LogP contribution in [0.25, 0.3) is 0 Å². The summed E-state index contributed by atoms with van der Waals surface area (Å²) in [4.78, 5) is 8.13. The smallest absolute Gasteiger partial charge is 0.239 e. The SMILES string of the molecule is CCC1(CNc2nc(NN)ncc2Cl)CCC1. The van der Waals surface area contributed by atoms with Crippen LogP contribution in [0.5, 0.6) is 0 Å². The minimum absolute atomic E-state index is 0.371. The molecule has 2 rings (SSSR count). The highest BCUT2D eigenvalue weighted by molar-refractivity contribution is 6.32. The number of nitrogens with zero attached hydrogens (tertiary/aromatic N) is 2. The number of nitrogens with one attached hydrogen (secondary N) is 2. The molecule has 1 aromatic heterocycles. The molecule has 0 bridgehead atoms. The second-order valence-corrected chi connectivity index (χ2v) is 5.00. The Kier molecular flexibility index (Phi) is 3.69. The maximum Gasteiger partial charge on any atom is 0.239 e. The monoisotopic (exact) mass is 255 g/mol. The first-order valence-electron chi connectivity index (χ1n) is 5.92. The van der Waals surface area contributed by atoms with Crippen molar-refractivity contribution >= 4 is 23.4 Å². The molecule has 1 aromatic rings. The molecule has 17 heavy (non-hydrogen) atoms. The summed E-state index contributed by atoms with van der Waals surface area (Å²) in [6, 6.07) is 0. The maximum absolute atomic E-state index is 6.03. The number of hydrogen-bond donors (Lipinski definition) is 3. The highest BCUT2D eigenvalue weighted by Crippen LogP contribution is 2.43. The first-order chi connectivity index (χ1) is 8.19. The van der Waals surface area contributed by atoms with Crippen molar-refractivity contribution in [2.75, 3.05) is 17.3 Å². The third kappa shape index (κ3) is 2.61. The Morgan fingerprint density at radius 2 is 2.29 bits per heavy atom. The fraction of sp³-hybridized carbons (Fsp3) is 0.636. The van der Waals surface area contributed by atoms with Crippen LogP contribution < -0.4 is 16.6 Å². The molecule has 1 aliphatic rings. The van der Waals surface area contributed by atoms with Crippen LogP contribution in [0.4, 0.5) is 11.8 Å². The molecule has 0 spiro atoms. The third-order valence-electron chi connectivity index (χ3n) is 3.67. The van der Waals surface area contributed by atoms with E-state index in [0.29, 0.717) is 22.2 Å². The molecule has 0 aliphatic heterocycles. The molecular weight excluding hydrogens is 238 g/mol. The van der Waals surface area contributed by atoms with E-state index in [9.17, 15) is 0 Å². The van der Waals surface area contributed by atoms with Gasteiger partial charge in [0.15, 0.2) is 5.82 Å². The number of nitrogen functional groups attached to an aromatic ring is 1. The van der Waals surface area contributed by atoms with E-state index in [-0.39, 0.29) is 0 Å². The summed E-state index contributed by atoms with van der Waals surface area (Å²) in [7, 11) is 0. The number of anilines is 2. The van der Waals surface area contributed by atoms with Crippen molar-refractivity contribution in [1.29, 1.82) is 0 Å². The molecule has 0 unspecified atom stereocenters. The molecule has 6 heteroatoms. The molecule has 1 fully saturated rings. The van der Waals surface area contributed by atoms with E-state index in [2.05, 4.69) is 27.6 Å². The molecule has 0 aromatic carbocycles.